The zero-order valence-electron chi connectivity index (χ0n) is 10.5. The fourth-order valence-electron chi connectivity index (χ4n) is 1.06. The summed E-state index contributed by atoms with van der Waals surface area (Å²) in [6, 6.07) is 0. The van der Waals surface area contributed by atoms with Gasteiger partial charge in [-0.2, -0.15) is 12.6 Å². The van der Waals surface area contributed by atoms with Gasteiger partial charge in [-0.3, -0.25) is 4.79 Å². The lowest BCUT2D eigenvalue weighted by Crippen LogP contribution is -2.06. The normalized spacial score (nSPS) is 9.41. The van der Waals surface area contributed by atoms with Crippen LogP contribution in [0.2, 0.25) is 0 Å². The fraction of sp³-hybridized carbons (Fsp3) is 0.818. The SMILES string of the molecule is CC(C)CCCCCOC(=O)CS.NC(=O)O. The van der Waals surface area contributed by atoms with E-state index in [4.69, 9.17) is 14.6 Å². The van der Waals surface area contributed by atoms with Gasteiger partial charge in [-0.05, 0) is 12.3 Å². The molecule has 0 aromatic heterocycles. The number of primary amides is 1. The number of unbranched alkanes of at least 4 members (excludes halogenated alkanes) is 2. The Morgan fingerprint density at radius 2 is 1.82 bits per heavy atom. The van der Waals surface area contributed by atoms with E-state index in [-0.39, 0.29) is 11.7 Å². The predicted molar refractivity (Wildman–Crippen MR) is 70.3 cm³/mol. The molecule has 0 aliphatic heterocycles. The maximum atomic E-state index is 10.7. The fourth-order valence-corrected chi connectivity index (χ4v) is 1.15. The van der Waals surface area contributed by atoms with Crippen LogP contribution < -0.4 is 5.73 Å². The van der Waals surface area contributed by atoms with Gasteiger partial charge in [0.2, 0.25) is 0 Å². The van der Waals surface area contributed by atoms with Crippen LogP contribution in [0.5, 0.6) is 0 Å². The van der Waals surface area contributed by atoms with E-state index in [1.165, 1.54) is 12.8 Å². The molecule has 0 aromatic rings. The highest BCUT2D eigenvalue weighted by Crippen LogP contribution is 2.07. The monoisotopic (exact) mass is 265 g/mol. The third kappa shape index (κ3) is 25.4. The Morgan fingerprint density at radius 1 is 1.29 bits per heavy atom. The molecule has 0 unspecified atom stereocenters. The van der Waals surface area contributed by atoms with E-state index in [0.717, 1.165) is 18.8 Å². The molecule has 0 fully saturated rings. The topological polar surface area (TPSA) is 89.6 Å². The van der Waals surface area contributed by atoms with Crippen LogP contribution in [0, 0.1) is 5.92 Å². The van der Waals surface area contributed by atoms with Crippen LogP contribution in [-0.4, -0.2) is 29.5 Å². The summed E-state index contributed by atoms with van der Waals surface area (Å²) in [6.45, 7) is 5.00. The van der Waals surface area contributed by atoms with Gasteiger partial charge < -0.3 is 15.6 Å². The highest BCUT2D eigenvalue weighted by atomic mass is 32.1. The molecule has 0 saturated carbocycles. The first-order chi connectivity index (χ1) is 7.90. The van der Waals surface area contributed by atoms with Gasteiger partial charge in [0.1, 0.15) is 0 Å². The molecule has 0 saturated heterocycles. The van der Waals surface area contributed by atoms with Gasteiger partial charge in [-0.25, -0.2) is 4.79 Å². The van der Waals surface area contributed by atoms with Crippen molar-refractivity contribution in [1.82, 2.24) is 0 Å². The summed E-state index contributed by atoms with van der Waals surface area (Å²) in [7, 11) is 0. The van der Waals surface area contributed by atoms with Crippen molar-refractivity contribution in [3.63, 3.8) is 0 Å². The van der Waals surface area contributed by atoms with E-state index >= 15 is 0 Å². The summed E-state index contributed by atoms with van der Waals surface area (Å²) in [5.74, 6) is 0.749. The molecule has 0 aromatic carbocycles. The average Bonchev–Trinajstić information content (AvgIpc) is 2.21. The number of hydrogen-bond acceptors (Lipinski definition) is 4. The quantitative estimate of drug-likeness (QED) is 0.374. The molecule has 0 radical (unpaired) electrons. The van der Waals surface area contributed by atoms with E-state index in [1.807, 2.05) is 0 Å². The molecule has 0 heterocycles. The average molecular weight is 265 g/mol. The first-order valence-corrected chi connectivity index (χ1v) is 6.28. The highest BCUT2D eigenvalue weighted by molar-refractivity contribution is 7.81. The van der Waals surface area contributed by atoms with Gasteiger partial charge in [-0.1, -0.05) is 33.1 Å². The smallest absolute Gasteiger partial charge is 0.402 e. The van der Waals surface area contributed by atoms with Crippen molar-refractivity contribution >= 4 is 24.7 Å². The van der Waals surface area contributed by atoms with Crippen LogP contribution in [0.3, 0.4) is 0 Å². The number of carbonyl (C=O) groups is 2. The van der Waals surface area contributed by atoms with Crippen LogP contribution in [0.15, 0.2) is 0 Å². The third-order valence-electron chi connectivity index (χ3n) is 1.82. The molecule has 3 N–H and O–H groups in total. The molecule has 0 bridgehead atoms. The molecule has 0 aliphatic rings. The van der Waals surface area contributed by atoms with Crippen LogP contribution in [-0.2, 0) is 9.53 Å². The van der Waals surface area contributed by atoms with Gasteiger partial charge in [0.25, 0.3) is 0 Å². The van der Waals surface area contributed by atoms with Crippen molar-refractivity contribution in [2.24, 2.45) is 11.7 Å². The maximum absolute atomic E-state index is 10.7. The predicted octanol–water partition coefficient (Wildman–Crippen LogP) is 2.30. The number of rotatable bonds is 7. The molecule has 0 rings (SSSR count). The number of carboxylic acid groups (broad SMARTS) is 1. The molecular weight excluding hydrogens is 242 g/mol. The molecule has 5 nitrogen and oxygen atoms in total. The zero-order valence-corrected chi connectivity index (χ0v) is 11.4. The van der Waals surface area contributed by atoms with Crippen LogP contribution in [0.25, 0.3) is 0 Å². The third-order valence-corrected chi connectivity index (χ3v) is 2.08. The second-order valence-electron chi connectivity index (χ2n) is 3.96. The Morgan fingerprint density at radius 3 is 2.24 bits per heavy atom. The van der Waals surface area contributed by atoms with Crippen LogP contribution in [0.1, 0.15) is 39.5 Å². The molecule has 17 heavy (non-hydrogen) atoms. The summed E-state index contributed by atoms with van der Waals surface area (Å²) in [5.41, 5.74) is 4.03. The van der Waals surface area contributed by atoms with Crippen molar-refractivity contribution in [2.45, 2.75) is 39.5 Å². The molecule has 6 heteroatoms. The first-order valence-electron chi connectivity index (χ1n) is 5.65. The van der Waals surface area contributed by atoms with Gasteiger partial charge in [0.15, 0.2) is 0 Å². The molecular formula is C11H23NO4S. The van der Waals surface area contributed by atoms with Crippen molar-refractivity contribution in [1.29, 1.82) is 0 Å². The standard InChI is InChI=1S/C10H20O2S.CH3NO2/c1-9(2)6-4-3-5-7-12-10(11)8-13;2-1(3)4/h9,13H,3-8H2,1-2H3;2H2,(H,3,4). The number of thiol groups is 1. The Hall–Kier alpha value is -0.910. The summed E-state index contributed by atoms with van der Waals surface area (Å²) >= 11 is 3.81. The van der Waals surface area contributed by atoms with Gasteiger partial charge in [0.05, 0.1) is 12.4 Å². The van der Waals surface area contributed by atoms with E-state index < -0.39 is 6.09 Å². The Balaban J connectivity index is 0. The first kappa shape index (κ1) is 18.5. The van der Waals surface area contributed by atoms with Gasteiger partial charge in [-0.15, -0.1) is 0 Å². The van der Waals surface area contributed by atoms with Gasteiger partial charge in [0, 0.05) is 0 Å². The second kappa shape index (κ2) is 13.2. The second-order valence-corrected chi connectivity index (χ2v) is 4.28. The lowest BCUT2D eigenvalue weighted by molar-refractivity contribution is -0.140. The van der Waals surface area contributed by atoms with Gasteiger partial charge >= 0.3 is 12.1 Å². The number of hydrogen-bond donors (Lipinski definition) is 3. The number of nitrogens with two attached hydrogens (primary N) is 1. The molecule has 1 amide bonds. The number of amides is 1. The Kier molecular flexibility index (Phi) is 14.3. The van der Waals surface area contributed by atoms with E-state index in [2.05, 4.69) is 32.2 Å². The summed E-state index contributed by atoms with van der Waals surface area (Å²) in [4.78, 5) is 19.4. The van der Waals surface area contributed by atoms with E-state index in [9.17, 15) is 4.79 Å². The molecule has 102 valence electrons. The van der Waals surface area contributed by atoms with Crippen molar-refractivity contribution in [3.8, 4) is 0 Å². The van der Waals surface area contributed by atoms with E-state index in [1.54, 1.807) is 0 Å². The maximum Gasteiger partial charge on any atom is 0.402 e. The number of esters is 1. The summed E-state index contributed by atoms with van der Waals surface area (Å²) in [5, 5.41) is 7.19. The minimum Gasteiger partial charge on any atom is -0.465 e. The summed E-state index contributed by atoms with van der Waals surface area (Å²) in [6.07, 6.45) is 3.29. The Labute approximate surface area is 108 Å². The Bertz CT molecular complexity index is 206. The molecule has 0 atom stereocenters. The highest BCUT2D eigenvalue weighted by Gasteiger charge is 1.98. The van der Waals surface area contributed by atoms with Crippen LogP contribution in [0.4, 0.5) is 4.79 Å². The van der Waals surface area contributed by atoms with Crippen LogP contribution >= 0.6 is 12.6 Å². The lowest BCUT2D eigenvalue weighted by Gasteiger charge is -2.04. The molecule has 0 spiro atoms. The lowest BCUT2D eigenvalue weighted by atomic mass is 10.1. The minimum absolute atomic E-state index is 0.187. The van der Waals surface area contributed by atoms with Crippen molar-refractivity contribution < 1.29 is 19.4 Å². The van der Waals surface area contributed by atoms with Crippen molar-refractivity contribution in [2.75, 3.05) is 12.4 Å². The number of carbonyl (C=O) groups excluding carboxylic acids is 1. The number of ether oxygens (including phenoxy) is 1. The van der Waals surface area contributed by atoms with Crippen molar-refractivity contribution in [3.05, 3.63) is 0 Å². The minimum atomic E-state index is -1.33. The van der Waals surface area contributed by atoms with E-state index in [0.29, 0.717) is 6.61 Å². The summed E-state index contributed by atoms with van der Waals surface area (Å²) < 4.78 is 4.88. The molecule has 0 aliphatic carbocycles. The largest absolute Gasteiger partial charge is 0.465 e. The zero-order chi connectivity index (χ0) is 13.7.